The van der Waals surface area contributed by atoms with E-state index in [2.05, 4.69) is 31.2 Å². The molecule has 0 saturated heterocycles. The summed E-state index contributed by atoms with van der Waals surface area (Å²) in [5.74, 6) is 0.924. The van der Waals surface area contributed by atoms with Gasteiger partial charge in [0, 0.05) is 6.54 Å². The van der Waals surface area contributed by atoms with E-state index < -0.39 is 0 Å². The van der Waals surface area contributed by atoms with Gasteiger partial charge in [0.15, 0.2) is 0 Å². The number of rotatable bonds is 5. The second-order valence-electron chi connectivity index (χ2n) is 4.28. The first-order valence-corrected chi connectivity index (χ1v) is 6.35. The second-order valence-corrected chi connectivity index (χ2v) is 4.28. The molecule has 2 rings (SSSR count). The van der Waals surface area contributed by atoms with Crippen molar-refractivity contribution in [1.29, 1.82) is 0 Å². The molecule has 2 nitrogen and oxygen atoms in total. The van der Waals surface area contributed by atoms with Crippen molar-refractivity contribution >= 4 is 12.4 Å². The third kappa shape index (κ3) is 4.27. The van der Waals surface area contributed by atoms with Gasteiger partial charge in [0.25, 0.3) is 0 Å². The lowest BCUT2D eigenvalue weighted by molar-refractivity contribution is 0.317. The highest BCUT2D eigenvalue weighted by molar-refractivity contribution is 5.85. The topological polar surface area (TPSA) is 35.2 Å². The summed E-state index contributed by atoms with van der Waals surface area (Å²) in [4.78, 5) is 0. The normalized spacial score (nSPS) is 9.79. The number of hydrogen-bond acceptors (Lipinski definition) is 2. The summed E-state index contributed by atoms with van der Waals surface area (Å²) in [7, 11) is 0. The van der Waals surface area contributed by atoms with Crippen LogP contribution >= 0.6 is 12.4 Å². The van der Waals surface area contributed by atoms with Crippen molar-refractivity contribution in [3.8, 4) is 16.9 Å². The van der Waals surface area contributed by atoms with E-state index in [1.807, 2.05) is 24.3 Å². The number of hydrogen-bond donors (Lipinski definition) is 1. The minimum Gasteiger partial charge on any atom is -0.494 e. The average Bonchev–Trinajstić information content (AvgIpc) is 2.45. The zero-order valence-electron chi connectivity index (χ0n) is 11.1. The quantitative estimate of drug-likeness (QED) is 0.896. The van der Waals surface area contributed by atoms with Crippen LogP contribution in [0.2, 0.25) is 0 Å². The van der Waals surface area contributed by atoms with Gasteiger partial charge in [0.1, 0.15) is 5.75 Å². The van der Waals surface area contributed by atoms with Gasteiger partial charge < -0.3 is 10.5 Å². The van der Waals surface area contributed by atoms with Crippen molar-refractivity contribution in [2.45, 2.75) is 19.9 Å². The van der Waals surface area contributed by atoms with Gasteiger partial charge in [0.2, 0.25) is 0 Å². The van der Waals surface area contributed by atoms with Crippen LogP contribution in [0.25, 0.3) is 11.1 Å². The van der Waals surface area contributed by atoms with E-state index in [9.17, 15) is 0 Å². The summed E-state index contributed by atoms with van der Waals surface area (Å²) in [5, 5.41) is 0. The maximum atomic E-state index is 5.67. The van der Waals surface area contributed by atoms with Gasteiger partial charge in [-0.25, -0.2) is 0 Å². The molecule has 19 heavy (non-hydrogen) atoms. The monoisotopic (exact) mass is 277 g/mol. The van der Waals surface area contributed by atoms with Crippen molar-refractivity contribution in [2.24, 2.45) is 5.73 Å². The Morgan fingerprint density at radius 3 is 2.37 bits per heavy atom. The van der Waals surface area contributed by atoms with E-state index in [1.54, 1.807) is 0 Å². The molecule has 2 N–H and O–H groups in total. The lowest BCUT2D eigenvalue weighted by atomic mass is 10.0. The maximum absolute atomic E-state index is 5.67. The Hall–Kier alpha value is -1.51. The van der Waals surface area contributed by atoms with Crippen LogP contribution in [-0.2, 0) is 6.54 Å². The van der Waals surface area contributed by atoms with Gasteiger partial charge >= 0.3 is 0 Å². The van der Waals surface area contributed by atoms with E-state index in [-0.39, 0.29) is 12.4 Å². The number of halogens is 1. The zero-order valence-corrected chi connectivity index (χ0v) is 12.0. The average molecular weight is 278 g/mol. The molecular formula is C16H20ClNO. The maximum Gasteiger partial charge on any atom is 0.119 e. The van der Waals surface area contributed by atoms with Crippen molar-refractivity contribution < 1.29 is 4.74 Å². The first kappa shape index (κ1) is 15.5. The van der Waals surface area contributed by atoms with Gasteiger partial charge in [-0.05, 0) is 41.3 Å². The molecule has 3 heteroatoms. The number of nitrogens with two attached hydrogens (primary N) is 1. The lowest BCUT2D eigenvalue weighted by Gasteiger charge is -2.08. The van der Waals surface area contributed by atoms with Crippen LogP contribution in [0.4, 0.5) is 0 Å². The summed E-state index contributed by atoms with van der Waals surface area (Å²) < 4.78 is 5.65. The molecule has 0 saturated carbocycles. The molecule has 0 unspecified atom stereocenters. The minimum atomic E-state index is 0. The van der Waals surface area contributed by atoms with Crippen LogP contribution < -0.4 is 10.5 Å². The van der Waals surface area contributed by atoms with Crippen molar-refractivity contribution in [3.63, 3.8) is 0 Å². The zero-order chi connectivity index (χ0) is 12.8. The molecule has 0 heterocycles. The molecule has 0 radical (unpaired) electrons. The minimum absolute atomic E-state index is 0. The van der Waals surface area contributed by atoms with Crippen molar-refractivity contribution in [1.82, 2.24) is 0 Å². The molecule has 2 aromatic rings. The van der Waals surface area contributed by atoms with E-state index in [4.69, 9.17) is 10.5 Å². The highest BCUT2D eigenvalue weighted by atomic mass is 35.5. The molecule has 0 fully saturated rings. The predicted molar refractivity (Wildman–Crippen MR) is 82.8 cm³/mol. The number of benzene rings is 2. The van der Waals surface area contributed by atoms with Gasteiger partial charge in [-0.3, -0.25) is 0 Å². The van der Waals surface area contributed by atoms with E-state index in [0.717, 1.165) is 24.3 Å². The van der Waals surface area contributed by atoms with Crippen LogP contribution in [-0.4, -0.2) is 6.61 Å². The Morgan fingerprint density at radius 2 is 1.68 bits per heavy atom. The molecular weight excluding hydrogens is 258 g/mol. The fourth-order valence-electron chi connectivity index (χ4n) is 1.86. The van der Waals surface area contributed by atoms with Crippen molar-refractivity contribution in [2.75, 3.05) is 6.61 Å². The molecule has 0 aliphatic carbocycles. The molecule has 0 amide bonds. The summed E-state index contributed by atoms with van der Waals surface area (Å²) in [5.41, 5.74) is 9.16. The molecule has 102 valence electrons. The molecule has 0 aliphatic rings. The van der Waals surface area contributed by atoms with Crippen LogP contribution in [0, 0.1) is 0 Å². The Balaban J connectivity index is 0.00000180. The second kappa shape index (κ2) is 7.82. The largest absolute Gasteiger partial charge is 0.494 e. The van der Waals surface area contributed by atoms with Crippen LogP contribution in [0.3, 0.4) is 0 Å². The Bertz CT molecular complexity index is 514. The summed E-state index contributed by atoms with van der Waals surface area (Å²) in [6.45, 7) is 3.43. The smallest absolute Gasteiger partial charge is 0.119 e. The van der Waals surface area contributed by atoms with Crippen LogP contribution in [0.1, 0.15) is 18.9 Å². The fourth-order valence-corrected chi connectivity index (χ4v) is 1.86. The summed E-state index contributed by atoms with van der Waals surface area (Å²) >= 11 is 0. The van der Waals surface area contributed by atoms with E-state index in [0.29, 0.717) is 6.54 Å². The van der Waals surface area contributed by atoms with Crippen LogP contribution in [0.15, 0.2) is 48.5 Å². The molecule has 0 spiro atoms. The fraction of sp³-hybridized carbons (Fsp3) is 0.250. The van der Waals surface area contributed by atoms with Gasteiger partial charge in [-0.15, -0.1) is 12.4 Å². The Kier molecular flexibility index (Phi) is 6.40. The van der Waals surface area contributed by atoms with Crippen molar-refractivity contribution in [3.05, 3.63) is 54.1 Å². The summed E-state index contributed by atoms with van der Waals surface area (Å²) in [6, 6.07) is 16.5. The molecule has 2 aromatic carbocycles. The first-order chi connectivity index (χ1) is 8.83. The van der Waals surface area contributed by atoms with Gasteiger partial charge in [0.05, 0.1) is 6.61 Å². The Morgan fingerprint density at radius 1 is 1.00 bits per heavy atom. The van der Waals surface area contributed by atoms with Gasteiger partial charge in [-0.1, -0.05) is 37.3 Å². The molecule has 0 atom stereocenters. The van der Waals surface area contributed by atoms with Gasteiger partial charge in [-0.2, -0.15) is 0 Å². The third-order valence-electron chi connectivity index (χ3n) is 2.80. The molecule has 0 aliphatic heterocycles. The molecule has 0 aromatic heterocycles. The highest BCUT2D eigenvalue weighted by Crippen LogP contribution is 2.24. The number of ether oxygens (including phenoxy) is 1. The van der Waals surface area contributed by atoms with E-state index >= 15 is 0 Å². The van der Waals surface area contributed by atoms with E-state index in [1.165, 1.54) is 11.1 Å². The first-order valence-electron chi connectivity index (χ1n) is 6.35. The predicted octanol–water partition coefficient (Wildman–Crippen LogP) is 4.02. The third-order valence-corrected chi connectivity index (χ3v) is 2.80. The SMILES string of the molecule is CCCOc1cccc(-c2cccc(CN)c2)c1.Cl. The highest BCUT2D eigenvalue weighted by Gasteiger charge is 2.01. The molecule has 0 bridgehead atoms. The standard InChI is InChI=1S/C16H19NO.ClH/c1-2-9-18-16-8-4-7-15(11-16)14-6-3-5-13(10-14)12-17;/h3-8,10-11H,2,9,12,17H2,1H3;1H. The lowest BCUT2D eigenvalue weighted by Crippen LogP contribution is -1.96. The van der Waals surface area contributed by atoms with Crippen LogP contribution in [0.5, 0.6) is 5.75 Å². The Labute approximate surface area is 121 Å². The summed E-state index contributed by atoms with van der Waals surface area (Å²) in [6.07, 6.45) is 1.02.